The molecular weight excluding hydrogens is 290 g/mol. The van der Waals surface area contributed by atoms with Gasteiger partial charge in [0.15, 0.2) is 0 Å². The molecule has 6 heteroatoms. The van der Waals surface area contributed by atoms with Gasteiger partial charge in [-0.3, -0.25) is 4.79 Å². The summed E-state index contributed by atoms with van der Waals surface area (Å²) in [6.45, 7) is 1.88. The number of carbonyl (C=O) groups is 1. The summed E-state index contributed by atoms with van der Waals surface area (Å²) in [6, 6.07) is 5.63. The summed E-state index contributed by atoms with van der Waals surface area (Å²) in [7, 11) is 0. The number of hydrogen-bond acceptors (Lipinski definition) is 2. The van der Waals surface area contributed by atoms with Crippen LogP contribution in [0.15, 0.2) is 30.5 Å². The number of carbonyl (C=O) groups excluding carboxylic acids is 1. The van der Waals surface area contributed by atoms with Gasteiger partial charge >= 0.3 is 0 Å². The van der Waals surface area contributed by atoms with E-state index >= 15 is 0 Å². The standard InChI is InChI=1S/C13H9Cl2FN2O/c1-7-2-3-12(17-6-7)18-13(19)8-4-11(16)10(15)5-9(8)14/h2-6H,1H3,(H,17,18,19). The van der Waals surface area contributed by atoms with Gasteiger partial charge in [0.25, 0.3) is 5.91 Å². The zero-order valence-corrected chi connectivity index (χ0v) is 11.4. The number of nitrogens with zero attached hydrogens (tertiary/aromatic N) is 1. The average molecular weight is 299 g/mol. The van der Waals surface area contributed by atoms with Crippen molar-refractivity contribution in [2.45, 2.75) is 6.92 Å². The summed E-state index contributed by atoms with van der Waals surface area (Å²) >= 11 is 11.4. The van der Waals surface area contributed by atoms with Gasteiger partial charge < -0.3 is 5.32 Å². The molecule has 1 aromatic heterocycles. The van der Waals surface area contributed by atoms with E-state index < -0.39 is 11.7 Å². The zero-order valence-electron chi connectivity index (χ0n) is 9.88. The molecule has 98 valence electrons. The van der Waals surface area contributed by atoms with Crippen molar-refractivity contribution < 1.29 is 9.18 Å². The largest absolute Gasteiger partial charge is 0.307 e. The summed E-state index contributed by atoms with van der Waals surface area (Å²) in [4.78, 5) is 16.0. The monoisotopic (exact) mass is 298 g/mol. The molecule has 2 rings (SSSR count). The number of hydrogen-bond donors (Lipinski definition) is 1. The van der Waals surface area contributed by atoms with Crippen LogP contribution in [0.5, 0.6) is 0 Å². The van der Waals surface area contributed by atoms with E-state index in [1.54, 1.807) is 18.3 Å². The van der Waals surface area contributed by atoms with Gasteiger partial charge in [-0.1, -0.05) is 29.3 Å². The predicted molar refractivity (Wildman–Crippen MR) is 73.3 cm³/mol. The lowest BCUT2D eigenvalue weighted by Crippen LogP contribution is -2.13. The Morgan fingerprint density at radius 3 is 2.63 bits per heavy atom. The summed E-state index contributed by atoms with van der Waals surface area (Å²) in [5.41, 5.74) is 0.972. The van der Waals surface area contributed by atoms with Gasteiger partial charge in [-0.25, -0.2) is 9.37 Å². The van der Waals surface area contributed by atoms with Crippen molar-refractivity contribution in [3.8, 4) is 0 Å². The Labute approximate surface area is 119 Å². The quantitative estimate of drug-likeness (QED) is 0.849. The minimum Gasteiger partial charge on any atom is -0.307 e. The molecule has 0 fully saturated rings. The van der Waals surface area contributed by atoms with Gasteiger partial charge in [0, 0.05) is 6.20 Å². The number of pyridine rings is 1. The molecule has 0 aliphatic rings. The maximum Gasteiger partial charge on any atom is 0.258 e. The lowest BCUT2D eigenvalue weighted by molar-refractivity contribution is 0.102. The number of aromatic nitrogens is 1. The van der Waals surface area contributed by atoms with E-state index in [4.69, 9.17) is 23.2 Å². The SMILES string of the molecule is Cc1ccc(NC(=O)c2cc(F)c(Cl)cc2Cl)nc1. The smallest absolute Gasteiger partial charge is 0.258 e. The fourth-order valence-corrected chi connectivity index (χ4v) is 1.89. The topological polar surface area (TPSA) is 42.0 Å². The summed E-state index contributed by atoms with van der Waals surface area (Å²) < 4.78 is 13.3. The molecule has 0 spiro atoms. The number of nitrogens with one attached hydrogen (secondary N) is 1. The van der Waals surface area contributed by atoms with E-state index in [-0.39, 0.29) is 15.6 Å². The van der Waals surface area contributed by atoms with Gasteiger partial charge in [0.2, 0.25) is 0 Å². The molecule has 0 aliphatic carbocycles. The molecule has 0 bridgehead atoms. The van der Waals surface area contributed by atoms with Gasteiger partial charge in [-0.2, -0.15) is 0 Å². The van der Waals surface area contributed by atoms with E-state index in [2.05, 4.69) is 10.3 Å². The molecule has 1 N–H and O–H groups in total. The van der Waals surface area contributed by atoms with E-state index in [9.17, 15) is 9.18 Å². The average Bonchev–Trinajstić information content (AvgIpc) is 2.36. The number of halogens is 3. The number of rotatable bonds is 2. The van der Waals surface area contributed by atoms with Crippen LogP contribution in [-0.2, 0) is 0 Å². The van der Waals surface area contributed by atoms with Crippen molar-refractivity contribution in [2.75, 3.05) is 5.32 Å². The Hall–Kier alpha value is -1.65. The van der Waals surface area contributed by atoms with Crippen LogP contribution in [-0.4, -0.2) is 10.9 Å². The summed E-state index contributed by atoms with van der Waals surface area (Å²) in [5.74, 6) is -0.882. The molecule has 1 heterocycles. The number of benzene rings is 1. The lowest BCUT2D eigenvalue weighted by atomic mass is 10.2. The van der Waals surface area contributed by atoms with Crippen molar-refractivity contribution in [3.63, 3.8) is 0 Å². The Bertz CT molecular complexity index is 629. The minimum absolute atomic E-state index is 0.00550. The molecule has 0 unspecified atom stereocenters. The van der Waals surface area contributed by atoms with Crippen molar-refractivity contribution in [3.05, 3.63) is 57.5 Å². The van der Waals surface area contributed by atoms with Gasteiger partial charge in [0.1, 0.15) is 11.6 Å². The van der Waals surface area contributed by atoms with E-state index in [1.807, 2.05) is 6.92 Å². The van der Waals surface area contributed by atoms with Crippen LogP contribution in [0.4, 0.5) is 10.2 Å². The van der Waals surface area contributed by atoms with Crippen molar-refractivity contribution in [1.82, 2.24) is 4.98 Å². The van der Waals surface area contributed by atoms with Crippen LogP contribution in [0.3, 0.4) is 0 Å². The zero-order chi connectivity index (χ0) is 14.0. The highest BCUT2D eigenvalue weighted by atomic mass is 35.5. The van der Waals surface area contributed by atoms with Gasteiger partial charge in [-0.15, -0.1) is 0 Å². The van der Waals surface area contributed by atoms with Crippen molar-refractivity contribution >= 4 is 34.9 Å². The third kappa shape index (κ3) is 3.22. The van der Waals surface area contributed by atoms with Crippen LogP contribution in [0, 0.1) is 12.7 Å². The first-order valence-electron chi connectivity index (χ1n) is 5.36. The Balaban J connectivity index is 2.25. The molecule has 0 saturated carbocycles. The third-order valence-corrected chi connectivity index (χ3v) is 3.01. The van der Waals surface area contributed by atoms with Crippen molar-refractivity contribution in [1.29, 1.82) is 0 Å². The predicted octanol–water partition coefficient (Wildman–Crippen LogP) is 4.09. The van der Waals surface area contributed by atoms with Crippen LogP contribution in [0.25, 0.3) is 0 Å². The second kappa shape index (κ2) is 5.55. The van der Waals surface area contributed by atoms with Gasteiger partial charge in [-0.05, 0) is 30.7 Å². The molecule has 0 atom stereocenters. The van der Waals surface area contributed by atoms with E-state index in [1.165, 1.54) is 6.07 Å². The lowest BCUT2D eigenvalue weighted by Gasteiger charge is -2.07. The molecule has 0 radical (unpaired) electrons. The van der Waals surface area contributed by atoms with Gasteiger partial charge in [0.05, 0.1) is 15.6 Å². The maximum atomic E-state index is 13.3. The molecular formula is C13H9Cl2FN2O. The fraction of sp³-hybridized carbons (Fsp3) is 0.0769. The first kappa shape index (κ1) is 13.8. The number of amides is 1. The van der Waals surface area contributed by atoms with Crippen LogP contribution in [0.2, 0.25) is 10.0 Å². The number of aryl methyl sites for hydroxylation is 1. The molecule has 2 aromatic rings. The second-order valence-electron chi connectivity index (χ2n) is 3.92. The van der Waals surface area contributed by atoms with Crippen LogP contribution >= 0.6 is 23.2 Å². The molecule has 3 nitrogen and oxygen atoms in total. The maximum absolute atomic E-state index is 13.3. The van der Waals surface area contributed by atoms with Crippen molar-refractivity contribution in [2.24, 2.45) is 0 Å². The first-order valence-corrected chi connectivity index (χ1v) is 6.11. The third-order valence-electron chi connectivity index (χ3n) is 2.41. The van der Waals surface area contributed by atoms with Crippen LogP contribution in [0.1, 0.15) is 15.9 Å². The number of anilines is 1. The fourth-order valence-electron chi connectivity index (χ4n) is 1.42. The Morgan fingerprint density at radius 1 is 1.26 bits per heavy atom. The normalized spacial score (nSPS) is 10.3. The molecule has 1 aromatic carbocycles. The highest BCUT2D eigenvalue weighted by Crippen LogP contribution is 2.24. The van der Waals surface area contributed by atoms with Crippen LogP contribution < -0.4 is 5.32 Å². The second-order valence-corrected chi connectivity index (χ2v) is 4.74. The summed E-state index contributed by atoms with van der Waals surface area (Å²) in [6.07, 6.45) is 1.61. The molecule has 0 aliphatic heterocycles. The van der Waals surface area contributed by atoms with E-state index in [0.29, 0.717) is 5.82 Å². The first-order chi connectivity index (χ1) is 8.97. The minimum atomic E-state index is -0.701. The summed E-state index contributed by atoms with van der Waals surface area (Å²) in [5, 5.41) is 2.48. The highest BCUT2D eigenvalue weighted by Gasteiger charge is 2.14. The Morgan fingerprint density at radius 2 is 2.00 bits per heavy atom. The molecule has 1 amide bonds. The molecule has 19 heavy (non-hydrogen) atoms. The molecule has 0 saturated heterocycles. The Kier molecular flexibility index (Phi) is 4.02. The highest BCUT2D eigenvalue weighted by molar-refractivity contribution is 6.37. The van der Waals surface area contributed by atoms with E-state index in [0.717, 1.165) is 11.6 Å².